The molecule has 0 saturated carbocycles. The van der Waals surface area contributed by atoms with E-state index >= 15 is 0 Å². The average Bonchev–Trinajstić information content (AvgIpc) is 2.04. The zero-order valence-electron chi connectivity index (χ0n) is 6.79. The van der Waals surface area contributed by atoms with E-state index < -0.39 is 0 Å². The highest BCUT2D eigenvalue weighted by Crippen LogP contribution is 2.30. The van der Waals surface area contributed by atoms with Gasteiger partial charge >= 0.3 is 5.97 Å². The van der Waals surface area contributed by atoms with Crippen molar-refractivity contribution in [1.29, 1.82) is 0 Å². The second-order valence-corrected chi connectivity index (χ2v) is 5.78. The molecule has 0 amide bonds. The summed E-state index contributed by atoms with van der Waals surface area (Å²) in [6, 6.07) is 0. The van der Waals surface area contributed by atoms with Crippen LogP contribution in [0.4, 0.5) is 0 Å². The predicted molar refractivity (Wildman–Crippen MR) is 58.1 cm³/mol. The van der Waals surface area contributed by atoms with Crippen LogP contribution in [0.3, 0.4) is 0 Å². The molecule has 1 fully saturated rings. The highest BCUT2D eigenvalue weighted by Gasteiger charge is 2.22. The van der Waals surface area contributed by atoms with E-state index in [0.29, 0.717) is 10.6 Å². The van der Waals surface area contributed by atoms with Gasteiger partial charge in [0.05, 0.1) is 0 Å². The van der Waals surface area contributed by atoms with Gasteiger partial charge in [-0.25, -0.2) is 0 Å². The first-order valence-corrected chi connectivity index (χ1v) is 6.93. The number of alkyl halides is 1. The summed E-state index contributed by atoms with van der Waals surface area (Å²) in [7, 11) is 0. The smallest absolute Gasteiger partial charge is 0.317 e. The number of halogens is 1. The van der Waals surface area contributed by atoms with Gasteiger partial charge in [-0.1, -0.05) is 22.9 Å². The van der Waals surface area contributed by atoms with Crippen LogP contribution in [-0.4, -0.2) is 33.5 Å². The molecule has 0 aliphatic carbocycles. The van der Waals surface area contributed by atoms with Gasteiger partial charge in [-0.3, -0.25) is 4.79 Å². The molecular weight excluding hydrogens is 260 g/mol. The lowest BCUT2D eigenvalue weighted by molar-refractivity contribution is -0.141. The lowest BCUT2D eigenvalue weighted by Crippen LogP contribution is -2.25. The first-order chi connectivity index (χ1) is 5.72. The molecule has 12 heavy (non-hydrogen) atoms. The Morgan fingerprint density at radius 2 is 2.42 bits per heavy atom. The number of rotatable bonds is 2. The summed E-state index contributed by atoms with van der Waals surface area (Å²) < 4.78 is 5.17. The Kier molecular flexibility index (Phi) is 4.82. The van der Waals surface area contributed by atoms with Gasteiger partial charge in [0.1, 0.15) is 5.33 Å². The maximum Gasteiger partial charge on any atom is 0.317 e. The SMILES string of the molecule is CC1CSCC(OC(=O)CBr)S1. The zero-order chi connectivity index (χ0) is 8.97. The van der Waals surface area contributed by atoms with Crippen molar-refractivity contribution < 1.29 is 9.53 Å². The van der Waals surface area contributed by atoms with Crippen LogP contribution in [0.2, 0.25) is 0 Å². The number of hydrogen-bond acceptors (Lipinski definition) is 4. The van der Waals surface area contributed by atoms with Crippen LogP contribution in [-0.2, 0) is 9.53 Å². The highest BCUT2D eigenvalue weighted by molar-refractivity contribution is 9.09. The third-order valence-corrected chi connectivity index (χ3v) is 4.71. The van der Waals surface area contributed by atoms with Crippen molar-refractivity contribution >= 4 is 45.4 Å². The van der Waals surface area contributed by atoms with Crippen molar-refractivity contribution in [2.24, 2.45) is 0 Å². The van der Waals surface area contributed by atoms with Gasteiger partial charge < -0.3 is 4.74 Å². The fourth-order valence-electron chi connectivity index (χ4n) is 0.908. The van der Waals surface area contributed by atoms with E-state index in [2.05, 4.69) is 22.9 Å². The van der Waals surface area contributed by atoms with E-state index in [4.69, 9.17) is 4.74 Å². The van der Waals surface area contributed by atoms with Crippen LogP contribution in [0.25, 0.3) is 0 Å². The molecule has 0 aromatic heterocycles. The molecule has 0 aromatic rings. The maximum atomic E-state index is 10.9. The first kappa shape index (κ1) is 10.7. The van der Waals surface area contributed by atoms with Gasteiger partial charge in [0.25, 0.3) is 0 Å². The van der Waals surface area contributed by atoms with E-state index in [9.17, 15) is 4.79 Å². The molecule has 0 spiro atoms. The van der Waals surface area contributed by atoms with E-state index in [1.54, 1.807) is 11.8 Å². The Morgan fingerprint density at radius 3 is 3.00 bits per heavy atom. The maximum absolute atomic E-state index is 10.9. The molecule has 1 heterocycles. The van der Waals surface area contributed by atoms with Crippen LogP contribution >= 0.6 is 39.5 Å². The second kappa shape index (κ2) is 5.40. The average molecular weight is 271 g/mol. The highest BCUT2D eigenvalue weighted by atomic mass is 79.9. The molecule has 0 radical (unpaired) electrons. The molecular formula is C7H11BrO2S2. The van der Waals surface area contributed by atoms with Gasteiger partial charge in [0.2, 0.25) is 0 Å². The Bertz CT molecular complexity index is 165. The lowest BCUT2D eigenvalue weighted by Gasteiger charge is -2.25. The summed E-state index contributed by atoms with van der Waals surface area (Å²) in [4.78, 5) is 10.9. The molecule has 0 aromatic carbocycles. The first-order valence-electron chi connectivity index (χ1n) is 3.71. The third-order valence-electron chi connectivity index (χ3n) is 1.36. The summed E-state index contributed by atoms with van der Waals surface area (Å²) in [6.45, 7) is 2.16. The third kappa shape index (κ3) is 3.58. The predicted octanol–water partition coefficient (Wildman–Crippen LogP) is 2.12. The summed E-state index contributed by atoms with van der Waals surface area (Å²) in [5.41, 5.74) is 0.0591. The van der Waals surface area contributed by atoms with Crippen LogP contribution in [0.15, 0.2) is 0 Å². The number of thioether (sulfide) groups is 2. The number of hydrogen-bond donors (Lipinski definition) is 0. The summed E-state index contributed by atoms with van der Waals surface area (Å²) in [6.07, 6.45) is 0. The van der Waals surface area contributed by atoms with Crippen molar-refractivity contribution in [3.63, 3.8) is 0 Å². The molecule has 0 N–H and O–H groups in total. The minimum absolute atomic E-state index is 0.0591. The molecule has 70 valence electrons. The monoisotopic (exact) mass is 270 g/mol. The minimum atomic E-state index is -0.165. The van der Waals surface area contributed by atoms with E-state index in [-0.39, 0.29) is 11.4 Å². The number of carbonyl (C=O) groups is 1. The van der Waals surface area contributed by atoms with E-state index in [1.807, 2.05) is 11.8 Å². The van der Waals surface area contributed by atoms with Gasteiger partial charge in [-0.15, -0.1) is 11.8 Å². The summed E-state index contributed by atoms with van der Waals surface area (Å²) >= 11 is 6.66. The fourth-order valence-corrected chi connectivity index (χ4v) is 3.66. The Balaban J connectivity index is 2.27. The van der Waals surface area contributed by atoms with E-state index in [0.717, 1.165) is 11.5 Å². The standard InChI is InChI=1S/C7H11BrO2S2/c1-5-3-11-4-7(12-5)10-6(9)2-8/h5,7H,2-4H2,1H3. The number of carbonyl (C=O) groups excluding carboxylic acids is 1. The van der Waals surface area contributed by atoms with Crippen LogP contribution in [0, 0.1) is 0 Å². The van der Waals surface area contributed by atoms with Crippen LogP contribution in [0.1, 0.15) is 6.92 Å². The summed E-state index contributed by atoms with van der Waals surface area (Å²) in [5.74, 6) is 1.92. The van der Waals surface area contributed by atoms with Crippen molar-refractivity contribution in [3.05, 3.63) is 0 Å². The van der Waals surface area contributed by atoms with Crippen molar-refractivity contribution in [1.82, 2.24) is 0 Å². The van der Waals surface area contributed by atoms with Gasteiger partial charge in [-0.2, -0.15) is 11.8 Å². The number of esters is 1. The Labute approximate surface area is 89.3 Å². The van der Waals surface area contributed by atoms with E-state index in [1.165, 1.54) is 0 Å². The molecule has 0 bridgehead atoms. The minimum Gasteiger partial charge on any atom is -0.450 e. The zero-order valence-corrected chi connectivity index (χ0v) is 10.0. The van der Waals surface area contributed by atoms with Crippen molar-refractivity contribution in [3.8, 4) is 0 Å². The molecule has 1 saturated heterocycles. The topological polar surface area (TPSA) is 26.3 Å². The molecule has 2 unspecified atom stereocenters. The molecule has 5 heteroatoms. The number of ether oxygens (including phenoxy) is 1. The van der Waals surface area contributed by atoms with Gasteiger partial charge in [0, 0.05) is 16.8 Å². The lowest BCUT2D eigenvalue weighted by atomic mass is 10.6. The summed E-state index contributed by atoms with van der Waals surface area (Å²) in [5, 5.41) is 0.889. The Hall–Kier alpha value is 0.650. The molecule has 1 aliphatic heterocycles. The molecule has 1 rings (SSSR count). The van der Waals surface area contributed by atoms with Gasteiger partial charge in [0.15, 0.2) is 5.44 Å². The fraction of sp³-hybridized carbons (Fsp3) is 0.857. The second-order valence-electron chi connectivity index (χ2n) is 2.54. The van der Waals surface area contributed by atoms with Crippen LogP contribution in [0.5, 0.6) is 0 Å². The molecule has 2 atom stereocenters. The normalized spacial score (nSPS) is 29.8. The largest absolute Gasteiger partial charge is 0.450 e. The van der Waals surface area contributed by atoms with Crippen molar-refractivity contribution in [2.45, 2.75) is 17.6 Å². The quantitative estimate of drug-likeness (QED) is 0.567. The Morgan fingerprint density at radius 1 is 1.67 bits per heavy atom. The molecule has 1 aliphatic rings. The van der Waals surface area contributed by atoms with Crippen LogP contribution < -0.4 is 0 Å². The van der Waals surface area contributed by atoms with Gasteiger partial charge in [-0.05, 0) is 0 Å². The molecule has 2 nitrogen and oxygen atoms in total. The van der Waals surface area contributed by atoms with Crippen molar-refractivity contribution in [2.75, 3.05) is 16.8 Å².